The molecule has 0 aromatic carbocycles. The molecule has 0 bridgehead atoms. The van der Waals surface area contributed by atoms with Gasteiger partial charge in [0, 0.05) is 31.8 Å². The molecular weight excluding hydrogens is 254 g/mol. The lowest BCUT2D eigenvalue weighted by Gasteiger charge is -2.10. The number of aromatic nitrogens is 2. The summed E-state index contributed by atoms with van der Waals surface area (Å²) in [4.78, 5) is 5.26. The van der Waals surface area contributed by atoms with Crippen LogP contribution in [-0.4, -0.2) is 48.0 Å². The molecule has 1 unspecified atom stereocenters. The first-order valence-electron chi connectivity index (χ1n) is 5.62. The summed E-state index contributed by atoms with van der Waals surface area (Å²) in [7, 11) is 3.17. The predicted octanol–water partition coefficient (Wildman–Crippen LogP) is 0.501. The SMILES string of the molecule is COCC(O)CNCc1c(OC)nc2sccn12. The number of fused-ring (bicyclic) bond motifs is 1. The van der Waals surface area contributed by atoms with Crippen molar-refractivity contribution in [2.75, 3.05) is 27.4 Å². The number of aliphatic hydroxyl groups excluding tert-OH is 1. The molecule has 0 saturated heterocycles. The van der Waals surface area contributed by atoms with E-state index in [2.05, 4.69) is 10.3 Å². The van der Waals surface area contributed by atoms with E-state index in [0.29, 0.717) is 25.6 Å². The van der Waals surface area contributed by atoms with Crippen molar-refractivity contribution in [3.8, 4) is 5.88 Å². The van der Waals surface area contributed by atoms with Gasteiger partial charge in [-0.25, -0.2) is 0 Å². The summed E-state index contributed by atoms with van der Waals surface area (Å²) in [6.45, 7) is 1.38. The summed E-state index contributed by atoms with van der Waals surface area (Å²) in [6, 6.07) is 0. The van der Waals surface area contributed by atoms with Crippen LogP contribution in [0.25, 0.3) is 4.96 Å². The lowest BCUT2D eigenvalue weighted by Crippen LogP contribution is -2.30. The maximum absolute atomic E-state index is 9.54. The number of imidazole rings is 1. The molecule has 2 rings (SSSR count). The number of aliphatic hydroxyl groups is 1. The average molecular weight is 271 g/mol. The van der Waals surface area contributed by atoms with E-state index in [4.69, 9.17) is 9.47 Å². The zero-order valence-corrected chi connectivity index (χ0v) is 11.2. The standard InChI is InChI=1S/C11H17N3O3S/c1-16-7-8(15)5-12-6-9-10(17-2)13-11-14(9)3-4-18-11/h3-4,8,12,15H,5-7H2,1-2H3. The third-order valence-corrected chi connectivity index (χ3v) is 3.31. The lowest BCUT2D eigenvalue weighted by molar-refractivity contribution is 0.0643. The summed E-state index contributed by atoms with van der Waals surface area (Å²) >= 11 is 1.56. The lowest BCUT2D eigenvalue weighted by atomic mass is 10.3. The number of nitrogens with zero attached hydrogens (tertiary/aromatic N) is 2. The molecule has 0 fully saturated rings. The van der Waals surface area contributed by atoms with Crippen LogP contribution < -0.4 is 10.1 Å². The number of methoxy groups -OCH3 is 2. The van der Waals surface area contributed by atoms with Gasteiger partial charge in [-0.15, -0.1) is 11.3 Å². The minimum Gasteiger partial charge on any atom is -0.480 e. The van der Waals surface area contributed by atoms with Crippen LogP contribution in [0.2, 0.25) is 0 Å². The van der Waals surface area contributed by atoms with Crippen LogP contribution in [0.5, 0.6) is 5.88 Å². The van der Waals surface area contributed by atoms with Gasteiger partial charge in [-0.05, 0) is 0 Å². The Balaban J connectivity index is 1.99. The second kappa shape index (κ2) is 6.14. The van der Waals surface area contributed by atoms with Crippen molar-refractivity contribution in [1.29, 1.82) is 0 Å². The quantitative estimate of drug-likeness (QED) is 0.767. The highest BCUT2D eigenvalue weighted by molar-refractivity contribution is 7.15. The van der Waals surface area contributed by atoms with Crippen molar-refractivity contribution >= 4 is 16.3 Å². The van der Waals surface area contributed by atoms with Gasteiger partial charge in [0.2, 0.25) is 5.88 Å². The largest absolute Gasteiger partial charge is 0.480 e. The minimum absolute atomic E-state index is 0.324. The van der Waals surface area contributed by atoms with Crippen molar-refractivity contribution < 1.29 is 14.6 Å². The van der Waals surface area contributed by atoms with Crippen molar-refractivity contribution in [2.24, 2.45) is 0 Å². The summed E-state index contributed by atoms with van der Waals surface area (Å²) < 4.78 is 12.1. The van der Waals surface area contributed by atoms with Gasteiger partial charge in [-0.2, -0.15) is 4.98 Å². The molecule has 2 heterocycles. The fourth-order valence-electron chi connectivity index (χ4n) is 1.75. The first-order chi connectivity index (χ1) is 8.76. The van der Waals surface area contributed by atoms with E-state index in [-0.39, 0.29) is 0 Å². The van der Waals surface area contributed by atoms with Gasteiger partial charge in [0.25, 0.3) is 0 Å². The van der Waals surface area contributed by atoms with Crippen LogP contribution in [0.3, 0.4) is 0 Å². The van der Waals surface area contributed by atoms with Crippen LogP contribution in [-0.2, 0) is 11.3 Å². The van der Waals surface area contributed by atoms with E-state index in [9.17, 15) is 5.11 Å². The molecule has 2 aromatic heterocycles. The summed E-state index contributed by atoms with van der Waals surface area (Å²) in [5.74, 6) is 0.621. The molecule has 1 atom stereocenters. The monoisotopic (exact) mass is 271 g/mol. The zero-order chi connectivity index (χ0) is 13.0. The highest BCUT2D eigenvalue weighted by atomic mass is 32.1. The van der Waals surface area contributed by atoms with Gasteiger partial charge < -0.3 is 19.9 Å². The maximum Gasteiger partial charge on any atom is 0.237 e. The van der Waals surface area contributed by atoms with Gasteiger partial charge in [0.05, 0.1) is 19.8 Å². The molecular formula is C11H17N3O3S. The van der Waals surface area contributed by atoms with E-state index < -0.39 is 6.10 Å². The molecule has 2 aromatic rings. The van der Waals surface area contributed by atoms with E-state index in [0.717, 1.165) is 10.7 Å². The average Bonchev–Trinajstić information content (AvgIpc) is 2.91. The van der Waals surface area contributed by atoms with Crippen LogP contribution >= 0.6 is 11.3 Å². The maximum atomic E-state index is 9.54. The fraction of sp³-hybridized carbons (Fsp3) is 0.545. The number of ether oxygens (including phenoxy) is 2. The van der Waals surface area contributed by atoms with E-state index in [1.807, 2.05) is 16.0 Å². The van der Waals surface area contributed by atoms with Crippen LogP contribution in [0.1, 0.15) is 5.69 Å². The molecule has 0 aliphatic rings. The van der Waals surface area contributed by atoms with Gasteiger partial charge in [0.15, 0.2) is 4.96 Å². The first kappa shape index (κ1) is 13.3. The molecule has 0 radical (unpaired) electrons. The Morgan fingerprint density at radius 3 is 3.11 bits per heavy atom. The number of rotatable bonds is 7. The molecule has 18 heavy (non-hydrogen) atoms. The summed E-state index contributed by atoms with van der Waals surface area (Å²) in [6.07, 6.45) is 1.45. The van der Waals surface area contributed by atoms with E-state index >= 15 is 0 Å². The molecule has 0 amide bonds. The fourth-order valence-corrected chi connectivity index (χ4v) is 2.47. The molecule has 0 aliphatic heterocycles. The summed E-state index contributed by atoms with van der Waals surface area (Å²) in [5, 5.41) is 14.7. The van der Waals surface area contributed by atoms with Gasteiger partial charge in [-0.3, -0.25) is 4.40 Å². The molecule has 100 valence electrons. The third-order valence-electron chi connectivity index (χ3n) is 2.55. The Morgan fingerprint density at radius 2 is 2.39 bits per heavy atom. The molecule has 6 nitrogen and oxygen atoms in total. The Labute approximate surface area is 109 Å². The summed E-state index contributed by atoms with van der Waals surface area (Å²) in [5.41, 5.74) is 0.957. The number of hydrogen-bond donors (Lipinski definition) is 2. The van der Waals surface area contributed by atoms with Gasteiger partial charge in [-0.1, -0.05) is 0 Å². The van der Waals surface area contributed by atoms with Gasteiger partial charge in [0.1, 0.15) is 5.69 Å². The Hall–Kier alpha value is -1.15. The Kier molecular flexibility index (Phi) is 4.54. The smallest absolute Gasteiger partial charge is 0.237 e. The first-order valence-corrected chi connectivity index (χ1v) is 6.50. The normalized spacial score (nSPS) is 13.1. The number of hydrogen-bond acceptors (Lipinski definition) is 6. The van der Waals surface area contributed by atoms with Crippen LogP contribution in [0.4, 0.5) is 0 Å². The second-order valence-electron chi connectivity index (χ2n) is 3.86. The molecule has 0 saturated carbocycles. The highest BCUT2D eigenvalue weighted by Crippen LogP contribution is 2.22. The topological polar surface area (TPSA) is 68.0 Å². The van der Waals surface area contributed by atoms with E-state index in [1.54, 1.807) is 25.6 Å². The highest BCUT2D eigenvalue weighted by Gasteiger charge is 2.13. The third kappa shape index (κ3) is 2.81. The zero-order valence-electron chi connectivity index (χ0n) is 10.4. The molecule has 7 heteroatoms. The van der Waals surface area contributed by atoms with Crippen molar-refractivity contribution in [2.45, 2.75) is 12.6 Å². The van der Waals surface area contributed by atoms with Crippen LogP contribution in [0.15, 0.2) is 11.6 Å². The van der Waals surface area contributed by atoms with Crippen molar-refractivity contribution in [3.05, 3.63) is 17.3 Å². The Morgan fingerprint density at radius 1 is 1.56 bits per heavy atom. The van der Waals surface area contributed by atoms with Crippen molar-refractivity contribution in [3.63, 3.8) is 0 Å². The number of thiazole rings is 1. The van der Waals surface area contributed by atoms with Gasteiger partial charge >= 0.3 is 0 Å². The van der Waals surface area contributed by atoms with Crippen LogP contribution in [0, 0.1) is 0 Å². The predicted molar refractivity (Wildman–Crippen MR) is 69.2 cm³/mol. The minimum atomic E-state index is -0.508. The number of nitrogens with one attached hydrogen (secondary N) is 1. The second-order valence-corrected chi connectivity index (χ2v) is 4.74. The van der Waals surface area contributed by atoms with E-state index in [1.165, 1.54) is 0 Å². The Bertz CT molecular complexity index is 497. The molecule has 2 N–H and O–H groups in total. The molecule has 0 aliphatic carbocycles. The molecule has 0 spiro atoms. The van der Waals surface area contributed by atoms with Crippen molar-refractivity contribution in [1.82, 2.24) is 14.7 Å².